The van der Waals surface area contributed by atoms with Crippen LogP contribution in [0.4, 0.5) is 0 Å². The Balaban J connectivity index is 2.06. The Kier molecular flexibility index (Phi) is 3.94. The summed E-state index contributed by atoms with van der Waals surface area (Å²) >= 11 is 0. The van der Waals surface area contributed by atoms with Crippen LogP contribution in [0.1, 0.15) is 34.5 Å². The molecule has 0 aliphatic rings. The molecule has 2 aromatic carbocycles. The van der Waals surface area contributed by atoms with E-state index in [4.69, 9.17) is 10.00 Å². The molecule has 0 unspecified atom stereocenters. The smallest absolute Gasteiger partial charge is 0.338 e. The molecule has 0 N–H and O–H groups in total. The summed E-state index contributed by atoms with van der Waals surface area (Å²) in [7, 11) is 0. The predicted molar refractivity (Wildman–Crippen MR) is 71.4 cm³/mol. The van der Waals surface area contributed by atoms with Crippen molar-refractivity contribution in [3.63, 3.8) is 0 Å². The Morgan fingerprint density at radius 3 is 2.32 bits per heavy atom. The Morgan fingerprint density at radius 2 is 1.74 bits per heavy atom. The molecule has 0 bridgehead atoms. The van der Waals surface area contributed by atoms with E-state index in [0.29, 0.717) is 11.1 Å². The fraction of sp³-hybridized carbons (Fsp3) is 0.125. The molecular weight excluding hydrogens is 238 g/mol. The maximum Gasteiger partial charge on any atom is 0.338 e. The van der Waals surface area contributed by atoms with Gasteiger partial charge in [0.1, 0.15) is 6.10 Å². The van der Waals surface area contributed by atoms with Gasteiger partial charge in [0, 0.05) is 0 Å². The average Bonchev–Trinajstić information content (AvgIpc) is 2.48. The number of carbonyl (C=O) groups excluding carboxylic acids is 1. The van der Waals surface area contributed by atoms with Gasteiger partial charge in [0.2, 0.25) is 0 Å². The number of benzene rings is 2. The summed E-state index contributed by atoms with van der Waals surface area (Å²) in [4.78, 5) is 11.9. The van der Waals surface area contributed by atoms with E-state index in [1.54, 1.807) is 24.3 Å². The second-order valence-electron chi connectivity index (χ2n) is 4.15. The number of ether oxygens (including phenoxy) is 1. The highest BCUT2D eigenvalue weighted by Crippen LogP contribution is 2.18. The Bertz CT molecular complexity index is 597. The standard InChI is InChI=1S/C16H13NO2/c1-12(14-5-3-2-4-6-14)19-16(18)15-9-7-13(11-17)8-10-15/h2-10,12H,1H3/t12-/m1/s1. The highest BCUT2D eigenvalue weighted by Gasteiger charge is 2.13. The fourth-order valence-electron chi connectivity index (χ4n) is 1.70. The van der Waals surface area contributed by atoms with Gasteiger partial charge in [0.15, 0.2) is 0 Å². The number of esters is 1. The highest BCUT2D eigenvalue weighted by atomic mass is 16.5. The number of rotatable bonds is 3. The molecule has 94 valence electrons. The molecular formula is C16H13NO2. The van der Waals surface area contributed by atoms with Crippen molar-refractivity contribution in [2.75, 3.05) is 0 Å². The van der Waals surface area contributed by atoms with E-state index in [0.717, 1.165) is 5.56 Å². The van der Waals surface area contributed by atoms with Crippen molar-refractivity contribution in [2.45, 2.75) is 13.0 Å². The van der Waals surface area contributed by atoms with Gasteiger partial charge in [-0.05, 0) is 36.8 Å². The quantitative estimate of drug-likeness (QED) is 0.785. The Hall–Kier alpha value is -2.60. The van der Waals surface area contributed by atoms with Gasteiger partial charge in [0.25, 0.3) is 0 Å². The third kappa shape index (κ3) is 3.20. The van der Waals surface area contributed by atoms with Crippen LogP contribution < -0.4 is 0 Å². The molecule has 0 heterocycles. The number of nitriles is 1. The first kappa shape index (κ1) is 12.8. The van der Waals surface area contributed by atoms with Gasteiger partial charge in [-0.15, -0.1) is 0 Å². The van der Waals surface area contributed by atoms with Crippen molar-refractivity contribution in [1.82, 2.24) is 0 Å². The van der Waals surface area contributed by atoms with Crippen LogP contribution in [0.15, 0.2) is 54.6 Å². The molecule has 2 rings (SSSR count). The van der Waals surface area contributed by atoms with Crippen LogP contribution in [0.3, 0.4) is 0 Å². The van der Waals surface area contributed by atoms with Crippen molar-refractivity contribution >= 4 is 5.97 Å². The lowest BCUT2D eigenvalue weighted by atomic mass is 10.1. The summed E-state index contributed by atoms with van der Waals surface area (Å²) in [6, 6.07) is 18.0. The van der Waals surface area contributed by atoms with Crippen molar-refractivity contribution in [1.29, 1.82) is 5.26 Å². The van der Waals surface area contributed by atoms with Crippen LogP contribution in [0.2, 0.25) is 0 Å². The first-order valence-electron chi connectivity index (χ1n) is 5.97. The molecule has 0 fully saturated rings. The van der Waals surface area contributed by atoms with Gasteiger partial charge in [-0.3, -0.25) is 0 Å². The van der Waals surface area contributed by atoms with Crippen molar-refractivity contribution in [3.05, 3.63) is 71.3 Å². The van der Waals surface area contributed by atoms with E-state index in [9.17, 15) is 4.79 Å². The second kappa shape index (κ2) is 5.83. The van der Waals surface area contributed by atoms with Crippen molar-refractivity contribution in [2.24, 2.45) is 0 Å². The van der Waals surface area contributed by atoms with Crippen molar-refractivity contribution < 1.29 is 9.53 Å². The molecule has 3 nitrogen and oxygen atoms in total. The van der Waals surface area contributed by atoms with Crippen LogP contribution in [0.5, 0.6) is 0 Å². The van der Waals surface area contributed by atoms with Crippen LogP contribution in [-0.2, 0) is 4.74 Å². The van der Waals surface area contributed by atoms with Gasteiger partial charge >= 0.3 is 5.97 Å². The molecule has 3 heteroatoms. The molecule has 1 atom stereocenters. The Labute approximate surface area is 112 Å². The normalized spacial score (nSPS) is 11.4. The Morgan fingerprint density at radius 1 is 1.11 bits per heavy atom. The van der Waals surface area contributed by atoms with Gasteiger partial charge in [0.05, 0.1) is 17.2 Å². The summed E-state index contributed by atoms with van der Waals surface area (Å²) < 4.78 is 5.37. The zero-order chi connectivity index (χ0) is 13.7. The van der Waals surface area contributed by atoms with Crippen LogP contribution in [0, 0.1) is 11.3 Å². The third-order valence-electron chi connectivity index (χ3n) is 2.80. The van der Waals surface area contributed by atoms with Crippen LogP contribution in [0.25, 0.3) is 0 Å². The second-order valence-corrected chi connectivity index (χ2v) is 4.15. The van der Waals surface area contributed by atoms with E-state index in [1.807, 2.05) is 43.3 Å². The zero-order valence-electron chi connectivity index (χ0n) is 10.5. The maximum absolute atomic E-state index is 11.9. The number of hydrogen-bond acceptors (Lipinski definition) is 3. The first-order valence-corrected chi connectivity index (χ1v) is 5.97. The maximum atomic E-state index is 11.9. The van der Waals surface area contributed by atoms with Gasteiger partial charge in [-0.2, -0.15) is 5.26 Å². The molecule has 0 spiro atoms. The molecule has 19 heavy (non-hydrogen) atoms. The third-order valence-corrected chi connectivity index (χ3v) is 2.80. The lowest BCUT2D eigenvalue weighted by molar-refractivity contribution is 0.0338. The minimum Gasteiger partial charge on any atom is -0.454 e. The van der Waals surface area contributed by atoms with Gasteiger partial charge in [-0.1, -0.05) is 30.3 Å². The minimum absolute atomic E-state index is 0.302. The molecule has 0 saturated carbocycles. The highest BCUT2D eigenvalue weighted by molar-refractivity contribution is 5.89. The van der Waals surface area contributed by atoms with Gasteiger partial charge in [-0.25, -0.2) is 4.79 Å². The van der Waals surface area contributed by atoms with E-state index in [-0.39, 0.29) is 12.1 Å². The van der Waals surface area contributed by atoms with Crippen molar-refractivity contribution in [3.8, 4) is 6.07 Å². The predicted octanol–water partition coefficient (Wildman–Crippen LogP) is 3.48. The summed E-state index contributed by atoms with van der Waals surface area (Å²) in [6.45, 7) is 1.83. The van der Waals surface area contributed by atoms with Crippen LogP contribution in [-0.4, -0.2) is 5.97 Å². The minimum atomic E-state index is -0.388. The lowest BCUT2D eigenvalue weighted by Gasteiger charge is -2.13. The number of carbonyl (C=O) groups is 1. The molecule has 0 saturated heterocycles. The molecule has 0 radical (unpaired) electrons. The topological polar surface area (TPSA) is 50.1 Å². The summed E-state index contributed by atoms with van der Waals surface area (Å²) in [5.74, 6) is -0.388. The lowest BCUT2D eigenvalue weighted by Crippen LogP contribution is -2.09. The van der Waals surface area contributed by atoms with E-state index < -0.39 is 0 Å². The number of hydrogen-bond donors (Lipinski definition) is 0. The monoisotopic (exact) mass is 251 g/mol. The first-order chi connectivity index (χ1) is 9.20. The van der Waals surface area contributed by atoms with E-state index in [2.05, 4.69) is 0 Å². The molecule has 0 aromatic heterocycles. The SMILES string of the molecule is C[C@@H](OC(=O)c1ccc(C#N)cc1)c1ccccc1. The van der Waals surface area contributed by atoms with E-state index in [1.165, 1.54) is 0 Å². The summed E-state index contributed by atoms with van der Waals surface area (Å²) in [6.07, 6.45) is -0.302. The average molecular weight is 251 g/mol. The van der Waals surface area contributed by atoms with Crippen LogP contribution >= 0.6 is 0 Å². The zero-order valence-corrected chi connectivity index (χ0v) is 10.5. The fourth-order valence-corrected chi connectivity index (χ4v) is 1.70. The summed E-state index contributed by atoms with van der Waals surface area (Å²) in [5.41, 5.74) is 1.92. The molecule has 0 aliphatic heterocycles. The molecule has 0 amide bonds. The molecule has 0 aliphatic carbocycles. The number of nitrogens with zero attached hydrogens (tertiary/aromatic N) is 1. The molecule has 2 aromatic rings. The summed E-state index contributed by atoms with van der Waals surface area (Å²) in [5, 5.41) is 8.70. The largest absolute Gasteiger partial charge is 0.454 e. The van der Waals surface area contributed by atoms with E-state index >= 15 is 0 Å². The van der Waals surface area contributed by atoms with Gasteiger partial charge < -0.3 is 4.74 Å².